The van der Waals surface area contributed by atoms with E-state index in [0.717, 1.165) is 6.42 Å². The van der Waals surface area contributed by atoms with Gasteiger partial charge in [0.25, 0.3) is 0 Å². The van der Waals surface area contributed by atoms with E-state index < -0.39 is 15.8 Å². The molecule has 0 amide bonds. The molecule has 1 spiro atoms. The summed E-state index contributed by atoms with van der Waals surface area (Å²) in [5.74, 6) is -0.435. The van der Waals surface area contributed by atoms with Crippen LogP contribution in [0.15, 0.2) is 29.2 Å². The summed E-state index contributed by atoms with van der Waals surface area (Å²) in [6.07, 6.45) is 2.36. The van der Waals surface area contributed by atoms with Crippen LogP contribution >= 0.6 is 0 Å². The lowest BCUT2D eigenvalue weighted by Crippen LogP contribution is -2.46. The molecule has 23 heavy (non-hydrogen) atoms. The molecule has 0 N–H and O–H groups in total. The van der Waals surface area contributed by atoms with Crippen molar-refractivity contribution in [3.8, 4) is 0 Å². The molecule has 128 valence electrons. The summed E-state index contributed by atoms with van der Waals surface area (Å²) in [6.45, 7) is 1.59. The Balaban J connectivity index is 1.68. The Morgan fingerprint density at radius 1 is 1.22 bits per heavy atom. The van der Waals surface area contributed by atoms with Crippen molar-refractivity contribution in [3.05, 3.63) is 30.1 Å². The van der Waals surface area contributed by atoms with Crippen LogP contribution in [-0.2, 0) is 14.8 Å². The SMILES string of the molecule is CN(C)[C@@H]1COC2(CCN(S(=O)(=O)c3ccc(F)cc3)CC2)C1. The van der Waals surface area contributed by atoms with Gasteiger partial charge in [0.05, 0.1) is 17.1 Å². The van der Waals surface area contributed by atoms with Crippen molar-refractivity contribution in [1.29, 1.82) is 0 Å². The Labute approximate surface area is 137 Å². The first-order valence-corrected chi connectivity index (χ1v) is 9.33. The lowest BCUT2D eigenvalue weighted by molar-refractivity contribution is -0.0315. The van der Waals surface area contributed by atoms with Gasteiger partial charge in [0.15, 0.2) is 0 Å². The van der Waals surface area contributed by atoms with Crippen LogP contribution in [0.4, 0.5) is 4.39 Å². The van der Waals surface area contributed by atoms with E-state index in [9.17, 15) is 12.8 Å². The number of halogens is 1. The second kappa shape index (κ2) is 6.12. The average Bonchev–Trinajstić information content (AvgIpc) is 2.92. The molecule has 2 fully saturated rings. The molecule has 1 atom stereocenters. The van der Waals surface area contributed by atoms with Crippen molar-refractivity contribution in [2.75, 3.05) is 33.8 Å². The second-order valence-electron chi connectivity index (χ2n) is 6.67. The van der Waals surface area contributed by atoms with Crippen molar-refractivity contribution in [2.45, 2.75) is 35.8 Å². The van der Waals surface area contributed by atoms with E-state index >= 15 is 0 Å². The van der Waals surface area contributed by atoms with Gasteiger partial charge in [-0.2, -0.15) is 4.31 Å². The summed E-state index contributed by atoms with van der Waals surface area (Å²) >= 11 is 0. The molecule has 2 aliphatic rings. The van der Waals surface area contributed by atoms with Gasteiger partial charge in [-0.3, -0.25) is 0 Å². The fourth-order valence-electron chi connectivity index (χ4n) is 3.39. The summed E-state index contributed by atoms with van der Waals surface area (Å²) in [7, 11) is 0.531. The molecule has 2 heterocycles. The van der Waals surface area contributed by atoms with Crippen LogP contribution < -0.4 is 0 Å². The molecule has 0 saturated carbocycles. The third-order valence-electron chi connectivity index (χ3n) is 5.00. The number of hydrogen-bond acceptors (Lipinski definition) is 4. The first kappa shape index (κ1) is 16.8. The minimum absolute atomic E-state index is 0.147. The van der Waals surface area contributed by atoms with E-state index in [1.807, 2.05) is 14.1 Å². The lowest BCUT2D eigenvalue weighted by Gasteiger charge is -2.38. The highest BCUT2D eigenvalue weighted by Gasteiger charge is 2.45. The van der Waals surface area contributed by atoms with Crippen LogP contribution in [0, 0.1) is 5.82 Å². The number of rotatable bonds is 3. The molecule has 0 unspecified atom stereocenters. The van der Waals surface area contributed by atoms with E-state index in [1.165, 1.54) is 28.6 Å². The Bertz CT molecular complexity index is 652. The Kier molecular flexibility index (Phi) is 4.48. The molecule has 2 aliphatic heterocycles. The summed E-state index contributed by atoms with van der Waals surface area (Å²) in [5.41, 5.74) is -0.191. The van der Waals surface area contributed by atoms with Crippen molar-refractivity contribution in [1.82, 2.24) is 9.21 Å². The highest BCUT2D eigenvalue weighted by atomic mass is 32.2. The molecule has 0 aliphatic carbocycles. The molecule has 1 aromatic carbocycles. The molecule has 0 aromatic heterocycles. The van der Waals surface area contributed by atoms with Crippen molar-refractivity contribution in [2.24, 2.45) is 0 Å². The average molecular weight is 342 g/mol. The molecular formula is C16H23FN2O3S. The fraction of sp³-hybridized carbons (Fsp3) is 0.625. The van der Waals surface area contributed by atoms with Gasteiger partial charge in [-0.15, -0.1) is 0 Å². The topological polar surface area (TPSA) is 49.9 Å². The Morgan fingerprint density at radius 2 is 1.83 bits per heavy atom. The maximum Gasteiger partial charge on any atom is 0.243 e. The maximum atomic E-state index is 13.0. The van der Waals surface area contributed by atoms with E-state index in [1.54, 1.807) is 0 Å². The molecule has 0 radical (unpaired) electrons. The van der Waals surface area contributed by atoms with E-state index in [-0.39, 0.29) is 10.5 Å². The highest BCUT2D eigenvalue weighted by Crippen LogP contribution is 2.38. The summed E-state index contributed by atoms with van der Waals surface area (Å²) in [5, 5.41) is 0. The zero-order chi connectivity index (χ0) is 16.7. The molecule has 3 rings (SSSR count). The molecule has 7 heteroatoms. The zero-order valence-electron chi connectivity index (χ0n) is 13.5. The standard InChI is InChI=1S/C16H23FN2O3S/c1-18(2)14-11-16(22-12-14)7-9-19(10-8-16)23(20,21)15-5-3-13(17)4-6-15/h3-6,14H,7-12H2,1-2H3/t14-/m0/s1. The molecule has 1 aromatic rings. The molecule has 5 nitrogen and oxygen atoms in total. The van der Waals surface area contributed by atoms with Gasteiger partial charge in [0, 0.05) is 19.1 Å². The summed E-state index contributed by atoms with van der Waals surface area (Å²) in [6, 6.07) is 5.40. The summed E-state index contributed by atoms with van der Waals surface area (Å²) in [4.78, 5) is 2.31. The van der Waals surface area contributed by atoms with Gasteiger partial charge in [-0.25, -0.2) is 12.8 Å². The van der Waals surface area contributed by atoms with Crippen LogP contribution in [0.2, 0.25) is 0 Å². The number of benzene rings is 1. The van der Waals surface area contributed by atoms with Gasteiger partial charge < -0.3 is 9.64 Å². The second-order valence-corrected chi connectivity index (χ2v) is 8.61. The van der Waals surface area contributed by atoms with Crippen LogP contribution in [0.3, 0.4) is 0 Å². The number of likely N-dealkylation sites (N-methyl/N-ethyl adjacent to an activating group) is 1. The first-order chi connectivity index (χ1) is 10.8. The Morgan fingerprint density at radius 3 is 2.35 bits per heavy atom. The van der Waals surface area contributed by atoms with Gasteiger partial charge >= 0.3 is 0 Å². The fourth-order valence-corrected chi connectivity index (χ4v) is 4.83. The quantitative estimate of drug-likeness (QED) is 0.839. The monoisotopic (exact) mass is 342 g/mol. The maximum absolute atomic E-state index is 13.0. The molecule has 0 bridgehead atoms. The smallest absolute Gasteiger partial charge is 0.243 e. The van der Waals surface area contributed by atoms with Gasteiger partial charge in [0.1, 0.15) is 5.82 Å². The number of hydrogen-bond donors (Lipinski definition) is 0. The van der Waals surface area contributed by atoms with E-state index in [0.29, 0.717) is 38.6 Å². The van der Waals surface area contributed by atoms with Crippen LogP contribution in [0.5, 0.6) is 0 Å². The minimum atomic E-state index is -3.55. The number of ether oxygens (including phenoxy) is 1. The number of sulfonamides is 1. The van der Waals surface area contributed by atoms with Crippen molar-refractivity contribution >= 4 is 10.0 Å². The van der Waals surface area contributed by atoms with Crippen molar-refractivity contribution in [3.63, 3.8) is 0 Å². The zero-order valence-corrected chi connectivity index (χ0v) is 14.4. The lowest BCUT2D eigenvalue weighted by atomic mass is 9.88. The predicted molar refractivity (Wildman–Crippen MR) is 85.2 cm³/mol. The highest BCUT2D eigenvalue weighted by molar-refractivity contribution is 7.89. The first-order valence-electron chi connectivity index (χ1n) is 7.89. The van der Waals surface area contributed by atoms with Crippen LogP contribution in [0.1, 0.15) is 19.3 Å². The van der Waals surface area contributed by atoms with Crippen molar-refractivity contribution < 1.29 is 17.5 Å². The predicted octanol–water partition coefficient (Wildman–Crippen LogP) is 1.70. The third kappa shape index (κ3) is 3.28. The van der Waals surface area contributed by atoms with Crippen LogP contribution in [0.25, 0.3) is 0 Å². The molecular weight excluding hydrogens is 319 g/mol. The Hall–Kier alpha value is -1.02. The van der Waals surface area contributed by atoms with Gasteiger partial charge in [-0.1, -0.05) is 0 Å². The van der Waals surface area contributed by atoms with E-state index in [4.69, 9.17) is 4.74 Å². The van der Waals surface area contributed by atoms with E-state index in [2.05, 4.69) is 4.90 Å². The van der Waals surface area contributed by atoms with Crippen LogP contribution in [-0.4, -0.2) is 63.1 Å². The molecule has 2 saturated heterocycles. The minimum Gasteiger partial charge on any atom is -0.373 e. The summed E-state index contributed by atoms with van der Waals surface area (Å²) < 4.78 is 45.8. The van der Waals surface area contributed by atoms with Gasteiger partial charge in [0.2, 0.25) is 10.0 Å². The number of nitrogens with zero attached hydrogens (tertiary/aromatic N) is 2. The largest absolute Gasteiger partial charge is 0.373 e. The van der Waals surface area contributed by atoms with Gasteiger partial charge in [-0.05, 0) is 57.6 Å². The third-order valence-corrected chi connectivity index (χ3v) is 6.92. The number of piperidine rings is 1. The normalized spacial score (nSPS) is 25.3.